The van der Waals surface area contributed by atoms with Gasteiger partial charge in [0.15, 0.2) is 5.58 Å². The van der Waals surface area contributed by atoms with Crippen molar-refractivity contribution in [2.24, 2.45) is 0 Å². The summed E-state index contributed by atoms with van der Waals surface area (Å²) in [6.45, 7) is 2.21. The van der Waals surface area contributed by atoms with Crippen molar-refractivity contribution in [3.63, 3.8) is 0 Å². The van der Waals surface area contributed by atoms with Gasteiger partial charge in [-0.1, -0.05) is 12.1 Å². The van der Waals surface area contributed by atoms with E-state index >= 15 is 0 Å². The summed E-state index contributed by atoms with van der Waals surface area (Å²) in [6.07, 6.45) is -4.17. The first kappa shape index (κ1) is 21.9. The number of benzene rings is 2. The van der Waals surface area contributed by atoms with E-state index in [9.17, 15) is 22.8 Å². The van der Waals surface area contributed by atoms with E-state index in [1.54, 1.807) is 24.3 Å². The zero-order valence-corrected chi connectivity index (χ0v) is 17.2. The van der Waals surface area contributed by atoms with Crippen molar-refractivity contribution < 1.29 is 27.1 Å². The number of amides is 1. The molecule has 170 valence electrons. The predicted molar refractivity (Wildman–Crippen MR) is 113 cm³/mol. The van der Waals surface area contributed by atoms with E-state index in [0.29, 0.717) is 49.5 Å². The van der Waals surface area contributed by atoms with Crippen molar-refractivity contribution in [1.29, 1.82) is 0 Å². The van der Waals surface area contributed by atoms with Crippen LogP contribution in [-0.2, 0) is 22.3 Å². The molecule has 1 aliphatic heterocycles. The fourth-order valence-corrected chi connectivity index (χ4v) is 3.73. The summed E-state index contributed by atoms with van der Waals surface area (Å²) in [5.74, 6) is -0.946. The lowest BCUT2D eigenvalue weighted by Crippen LogP contribution is -2.36. The average molecular weight is 449 g/mol. The first-order valence-electron chi connectivity index (χ1n) is 10.2. The summed E-state index contributed by atoms with van der Waals surface area (Å²) in [6, 6.07) is 10.3. The quantitative estimate of drug-likeness (QED) is 0.618. The summed E-state index contributed by atoms with van der Waals surface area (Å²) in [4.78, 5) is 26.5. The molecule has 2 aromatic carbocycles. The number of alkyl halides is 3. The minimum absolute atomic E-state index is 0.0325. The molecule has 0 radical (unpaired) electrons. The van der Waals surface area contributed by atoms with Crippen molar-refractivity contribution >= 4 is 28.4 Å². The Bertz CT molecular complexity index is 1160. The second kappa shape index (κ2) is 9.07. The van der Waals surface area contributed by atoms with E-state index in [4.69, 9.17) is 9.15 Å². The highest BCUT2D eigenvalue weighted by atomic mass is 19.4. The van der Waals surface area contributed by atoms with Crippen molar-refractivity contribution in [3.8, 4) is 0 Å². The summed E-state index contributed by atoms with van der Waals surface area (Å²) >= 11 is 0. The summed E-state index contributed by atoms with van der Waals surface area (Å²) < 4.78 is 51.6. The summed E-state index contributed by atoms with van der Waals surface area (Å²) in [5.41, 5.74) is 0.886. The first-order valence-corrected chi connectivity index (χ1v) is 10.2. The van der Waals surface area contributed by atoms with Gasteiger partial charge in [0, 0.05) is 26.1 Å². The van der Waals surface area contributed by atoms with Gasteiger partial charge in [0.05, 0.1) is 35.7 Å². The number of fused-ring (bicyclic) bond motifs is 1. The van der Waals surface area contributed by atoms with E-state index in [0.717, 1.165) is 12.1 Å². The van der Waals surface area contributed by atoms with Crippen LogP contribution in [0.5, 0.6) is 0 Å². The van der Waals surface area contributed by atoms with Gasteiger partial charge in [-0.15, -0.1) is 0 Å². The summed E-state index contributed by atoms with van der Waals surface area (Å²) in [7, 11) is 0. The van der Waals surface area contributed by atoms with Crippen LogP contribution in [0.2, 0.25) is 0 Å². The van der Waals surface area contributed by atoms with Crippen molar-refractivity contribution in [1.82, 2.24) is 4.57 Å². The van der Waals surface area contributed by atoms with Gasteiger partial charge in [0.25, 0.3) is 0 Å². The van der Waals surface area contributed by atoms with Crippen LogP contribution in [0.25, 0.3) is 11.1 Å². The van der Waals surface area contributed by atoms with Crippen molar-refractivity contribution in [3.05, 3.63) is 58.6 Å². The molecule has 0 atom stereocenters. The Labute approximate surface area is 181 Å². The molecule has 1 aliphatic rings. The Morgan fingerprint density at radius 3 is 2.59 bits per heavy atom. The molecule has 3 aromatic rings. The SMILES string of the molecule is O=C(CCCn1c(=O)oc2ccccc21)Nc1cc(C(F)(F)F)ccc1N1CCOCC1. The number of aromatic nitrogens is 1. The maximum Gasteiger partial charge on any atom is 0.419 e. The molecule has 32 heavy (non-hydrogen) atoms. The van der Waals surface area contributed by atoms with E-state index in [-0.39, 0.29) is 18.7 Å². The molecule has 1 N–H and O–H groups in total. The lowest BCUT2D eigenvalue weighted by Gasteiger charge is -2.31. The van der Waals surface area contributed by atoms with Gasteiger partial charge in [0.2, 0.25) is 5.91 Å². The van der Waals surface area contributed by atoms with Crippen LogP contribution < -0.4 is 16.0 Å². The van der Waals surface area contributed by atoms with Crippen LogP contribution in [0.1, 0.15) is 18.4 Å². The number of aryl methyl sites for hydroxylation is 1. The average Bonchev–Trinajstić information content (AvgIpc) is 3.09. The molecule has 1 saturated heterocycles. The molecule has 0 unspecified atom stereocenters. The molecule has 0 aliphatic carbocycles. The molecule has 10 heteroatoms. The Kier molecular flexibility index (Phi) is 6.22. The fraction of sp³-hybridized carbons (Fsp3) is 0.364. The van der Waals surface area contributed by atoms with Crippen LogP contribution in [0.15, 0.2) is 51.7 Å². The summed E-state index contributed by atoms with van der Waals surface area (Å²) in [5, 5.41) is 2.62. The number of hydrogen-bond donors (Lipinski definition) is 1. The second-order valence-electron chi connectivity index (χ2n) is 7.47. The van der Waals surface area contributed by atoms with Gasteiger partial charge < -0.3 is 19.4 Å². The molecule has 7 nitrogen and oxygen atoms in total. The van der Waals surface area contributed by atoms with Gasteiger partial charge in [-0.05, 0) is 36.8 Å². The zero-order valence-electron chi connectivity index (χ0n) is 17.2. The van der Waals surface area contributed by atoms with E-state index in [2.05, 4.69) is 5.32 Å². The topological polar surface area (TPSA) is 76.7 Å². The monoisotopic (exact) mass is 449 g/mol. The van der Waals surface area contributed by atoms with Crippen LogP contribution in [0.4, 0.5) is 24.5 Å². The largest absolute Gasteiger partial charge is 0.419 e. The number of hydrogen-bond acceptors (Lipinski definition) is 5. The Morgan fingerprint density at radius 1 is 1.09 bits per heavy atom. The van der Waals surface area contributed by atoms with Crippen LogP contribution in [0, 0.1) is 0 Å². The number of nitrogens with one attached hydrogen (secondary N) is 1. The lowest BCUT2D eigenvalue weighted by molar-refractivity contribution is -0.137. The fourth-order valence-electron chi connectivity index (χ4n) is 3.73. The number of para-hydroxylation sites is 2. The number of ether oxygens (including phenoxy) is 1. The molecule has 0 bridgehead atoms. The minimum atomic E-state index is -4.52. The molecule has 4 rings (SSSR count). The maximum atomic E-state index is 13.2. The molecule has 2 heterocycles. The smallest absolute Gasteiger partial charge is 0.408 e. The third-order valence-corrected chi connectivity index (χ3v) is 5.31. The van der Waals surface area contributed by atoms with E-state index in [1.807, 2.05) is 4.90 Å². The van der Waals surface area contributed by atoms with Gasteiger partial charge >= 0.3 is 11.9 Å². The number of oxazole rings is 1. The standard InChI is InChI=1S/C22H22F3N3O4/c23-22(24,25)15-7-8-17(27-10-12-31-13-11-27)16(14-15)26-20(29)6-3-9-28-18-4-1-2-5-19(18)32-21(28)30/h1-2,4-5,7-8,14H,3,6,9-13H2,(H,26,29). The third kappa shape index (κ3) is 4.80. The van der Waals surface area contributed by atoms with Gasteiger partial charge in [-0.3, -0.25) is 9.36 Å². The zero-order chi connectivity index (χ0) is 22.7. The Morgan fingerprint density at radius 2 is 1.84 bits per heavy atom. The van der Waals surface area contributed by atoms with Crippen LogP contribution in [0.3, 0.4) is 0 Å². The molecule has 1 aromatic heterocycles. The molecular weight excluding hydrogens is 427 g/mol. The minimum Gasteiger partial charge on any atom is -0.408 e. The highest BCUT2D eigenvalue weighted by Gasteiger charge is 2.32. The first-order chi connectivity index (χ1) is 15.3. The highest BCUT2D eigenvalue weighted by molar-refractivity contribution is 5.94. The number of anilines is 2. The molecule has 0 saturated carbocycles. The number of rotatable bonds is 6. The number of morpholine rings is 1. The van der Waals surface area contributed by atoms with Crippen molar-refractivity contribution in [2.45, 2.75) is 25.6 Å². The number of nitrogens with zero attached hydrogens (tertiary/aromatic N) is 2. The Balaban J connectivity index is 1.46. The van der Waals surface area contributed by atoms with Gasteiger partial charge in [-0.25, -0.2) is 4.79 Å². The normalized spacial score (nSPS) is 14.7. The van der Waals surface area contributed by atoms with E-state index < -0.39 is 23.4 Å². The number of halogens is 3. The maximum absolute atomic E-state index is 13.2. The van der Waals surface area contributed by atoms with Gasteiger partial charge in [0.1, 0.15) is 0 Å². The van der Waals surface area contributed by atoms with E-state index in [1.165, 1.54) is 10.6 Å². The van der Waals surface area contributed by atoms with Crippen LogP contribution >= 0.6 is 0 Å². The third-order valence-electron chi connectivity index (χ3n) is 5.31. The molecule has 1 amide bonds. The van der Waals surface area contributed by atoms with Gasteiger partial charge in [-0.2, -0.15) is 13.2 Å². The Hall–Kier alpha value is -3.27. The molecule has 0 spiro atoms. The highest BCUT2D eigenvalue weighted by Crippen LogP contribution is 2.35. The van der Waals surface area contributed by atoms with Crippen molar-refractivity contribution in [2.75, 3.05) is 36.5 Å². The van der Waals surface area contributed by atoms with Crippen LogP contribution in [-0.4, -0.2) is 36.8 Å². The predicted octanol–water partition coefficient (Wildman–Crippen LogP) is 3.87. The lowest BCUT2D eigenvalue weighted by atomic mass is 10.1. The molecule has 1 fully saturated rings. The second-order valence-corrected chi connectivity index (χ2v) is 7.47. The molecular formula is C22H22F3N3O4. The number of carbonyl (C=O) groups excluding carboxylic acids is 1. The number of carbonyl (C=O) groups is 1.